The van der Waals surface area contributed by atoms with Gasteiger partial charge in [0, 0.05) is 19.5 Å². The van der Waals surface area contributed by atoms with E-state index in [9.17, 15) is 0 Å². The van der Waals surface area contributed by atoms with Gasteiger partial charge in [0.05, 0.1) is 0 Å². The van der Waals surface area contributed by atoms with Crippen LogP contribution in [-0.2, 0) is 19.5 Å². The smallest absolute Gasteiger partial charge is 0 e. The Morgan fingerprint density at radius 1 is 0.765 bits per heavy atom. The predicted octanol–water partition coefficient (Wildman–Crippen LogP) is 5.05. The fourth-order valence-corrected chi connectivity index (χ4v) is 1.78. The molecule has 1 heteroatoms. The van der Waals surface area contributed by atoms with Crippen LogP contribution < -0.4 is 0 Å². The van der Waals surface area contributed by atoms with Crippen LogP contribution in [-0.4, -0.2) is 0 Å². The van der Waals surface area contributed by atoms with Gasteiger partial charge in [0.15, 0.2) is 0 Å². The van der Waals surface area contributed by atoms with Crippen molar-refractivity contribution in [3.8, 4) is 0 Å². The zero-order valence-electron chi connectivity index (χ0n) is 11.4. The second-order valence-electron chi connectivity index (χ2n) is 5.06. The maximum Gasteiger partial charge on any atom is 0 e. The van der Waals surface area contributed by atoms with Crippen molar-refractivity contribution < 1.29 is 19.5 Å². The molecule has 0 saturated carbocycles. The fourth-order valence-electron chi connectivity index (χ4n) is 1.78. The number of hydrogen-bond acceptors (Lipinski definition) is 0. The molecule has 0 bridgehead atoms. The van der Waals surface area contributed by atoms with Crippen molar-refractivity contribution >= 4 is 0 Å². The van der Waals surface area contributed by atoms with Gasteiger partial charge in [0.1, 0.15) is 0 Å². The van der Waals surface area contributed by atoms with Crippen molar-refractivity contribution in [1.29, 1.82) is 0 Å². The van der Waals surface area contributed by atoms with E-state index in [0.717, 1.165) is 11.8 Å². The minimum Gasteiger partial charge on any atom is -0.0805 e. The first-order valence-electron chi connectivity index (χ1n) is 6.32. The van der Waals surface area contributed by atoms with Crippen molar-refractivity contribution in [2.45, 2.75) is 40.5 Å². The molecule has 2 aliphatic rings. The second kappa shape index (κ2) is 8.64. The van der Waals surface area contributed by atoms with E-state index in [4.69, 9.17) is 0 Å². The average molecular weight is 317 g/mol. The summed E-state index contributed by atoms with van der Waals surface area (Å²) in [5, 5.41) is 0. The van der Waals surface area contributed by atoms with Gasteiger partial charge in [-0.3, -0.25) is 0 Å². The molecular formula is C16H24Ru. The third kappa shape index (κ3) is 6.17. The summed E-state index contributed by atoms with van der Waals surface area (Å²) in [6, 6.07) is 0. The van der Waals surface area contributed by atoms with Crippen LogP contribution >= 0.6 is 0 Å². The van der Waals surface area contributed by atoms with Crippen molar-refractivity contribution in [1.82, 2.24) is 0 Å². The van der Waals surface area contributed by atoms with Crippen molar-refractivity contribution in [2.75, 3.05) is 0 Å². The van der Waals surface area contributed by atoms with Crippen LogP contribution in [0.25, 0.3) is 0 Å². The Bertz CT molecular complexity index is 293. The van der Waals surface area contributed by atoms with Gasteiger partial charge in [-0.25, -0.2) is 0 Å². The van der Waals surface area contributed by atoms with Crippen LogP contribution in [0.3, 0.4) is 0 Å². The minimum atomic E-state index is 0. The van der Waals surface area contributed by atoms with E-state index in [1.54, 1.807) is 11.1 Å². The molecule has 0 nitrogen and oxygen atoms in total. The maximum atomic E-state index is 2.23. The monoisotopic (exact) mass is 318 g/mol. The van der Waals surface area contributed by atoms with Gasteiger partial charge in [-0.15, -0.1) is 0 Å². The van der Waals surface area contributed by atoms with Gasteiger partial charge in [0.2, 0.25) is 0 Å². The number of rotatable bonds is 2. The maximum absolute atomic E-state index is 2.23. The zero-order chi connectivity index (χ0) is 12.0. The van der Waals surface area contributed by atoms with Crippen LogP contribution in [0.1, 0.15) is 40.5 Å². The summed E-state index contributed by atoms with van der Waals surface area (Å²) in [4.78, 5) is 0. The van der Waals surface area contributed by atoms with Crippen LogP contribution in [0.15, 0.2) is 47.6 Å². The topological polar surface area (TPSA) is 0 Å². The summed E-state index contributed by atoms with van der Waals surface area (Å²) in [6.07, 6.45) is 15.5. The molecule has 0 atom stereocenters. The Kier molecular flexibility index (Phi) is 8.43. The van der Waals surface area contributed by atoms with E-state index < -0.39 is 0 Å². The fraction of sp³-hybridized carbons (Fsp3) is 0.500. The van der Waals surface area contributed by atoms with E-state index in [2.05, 4.69) is 64.2 Å². The molecule has 0 unspecified atom stereocenters. The van der Waals surface area contributed by atoms with Gasteiger partial charge < -0.3 is 0 Å². The van der Waals surface area contributed by atoms with Crippen LogP contribution in [0.2, 0.25) is 0 Å². The van der Waals surface area contributed by atoms with E-state index in [0.29, 0.717) is 0 Å². The molecule has 0 radical (unpaired) electrons. The predicted molar refractivity (Wildman–Crippen MR) is 73.4 cm³/mol. The van der Waals surface area contributed by atoms with E-state index in [1.165, 1.54) is 12.8 Å². The molecule has 0 aromatic heterocycles. The standard InChI is InChI=1S/2C8H12.Ru/c2*1-7(2)8-5-3-4-6-8;/h2*3-5,7H,6H2,1-2H3;. The molecule has 0 heterocycles. The SMILES string of the molecule is CC(C)C1=CC=CC1.CC(C)C1=CC=CC1.[Ru]. The number of hydrogen-bond donors (Lipinski definition) is 0. The Balaban J connectivity index is 0.000000284. The molecular weight excluding hydrogens is 293 g/mol. The Morgan fingerprint density at radius 3 is 1.24 bits per heavy atom. The van der Waals surface area contributed by atoms with Gasteiger partial charge in [0.25, 0.3) is 0 Å². The molecule has 17 heavy (non-hydrogen) atoms. The zero-order valence-corrected chi connectivity index (χ0v) is 13.1. The van der Waals surface area contributed by atoms with Crippen molar-refractivity contribution in [3.05, 3.63) is 47.6 Å². The summed E-state index contributed by atoms with van der Waals surface area (Å²) < 4.78 is 0. The molecule has 0 aliphatic heterocycles. The molecule has 0 N–H and O–H groups in total. The van der Waals surface area contributed by atoms with Gasteiger partial charge in [-0.2, -0.15) is 0 Å². The largest absolute Gasteiger partial charge is 0.0805 e. The molecule has 0 aromatic rings. The normalized spacial score (nSPS) is 16.6. The summed E-state index contributed by atoms with van der Waals surface area (Å²) in [5.41, 5.74) is 3.12. The van der Waals surface area contributed by atoms with Crippen molar-refractivity contribution in [3.63, 3.8) is 0 Å². The summed E-state index contributed by atoms with van der Waals surface area (Å²) in [5.74, 6) is 1.48. The Morgan fingerprint density at radius 2 is 1.12 bits per heavy atom. The Labute approximate surface area is 119 Å². The molecule has 2 aliphatic carbocycles. The summed E-state index contributed by atoms with van der Waals surface area (Å²) in [6.45, 7) is 8.94. The van der Waals surface area contributed by atoms with Gasteiger partial charge in [-0.1, -0.05) is 75.3 Å². The molecule has 0 spiro atoms. The van der Waals surface area contributed by atoms with Gasteiger partial charge in [-0.05, 0) is 24.7 Å². The van der Waals surface area contributed by atoms with Gasteiger partial charge >= 0.3 is 0 Å². The molecule has 0 aromatic carbocycles. The third-order valence-electron chi connectivity index (χ3n) is 3.08. The minimum absolute atomic E-state index is 0. The van der Waals surface area contributed by atoms with E-state index in [-0.39, 0.29) is 19.5 Å². The molecule has 2 rings (SSSR count). The first-order valence-corrected chi connectivity index (χ1v) is 6.32. The third-order valence-corrected chi connectivity index (χ3v) is 3.08. The summed E-state index contributed by atoms with van der Waals surface area (Å²) in [7, 11) is 0. The molecule has 96 valence electrons. The second-order valence-corrected chi connectivity index (χ2v) is 5.06. The van der Waals surface area contributed by atoms with Crippen LogP contribution in [0.4, 0.5) is 0 Å². The van der Waals surface area contributed by atoms with E-state index in [1.807, 2.05) is 0 Å². The number of allylic oxidation sites excluding steroid dienone is 8. The Hall–Kier alpha value is -0.417. The average Bonchev–Trinajstić information content (AvgIpc) is 2.93. The quantitative estimate of drug-likeness (QED) is 0.625. The van der Waals surface area contributed by atoms with Crippen LogP contribution in [0.5, 0.6) is 0 Å². The molecule has 0 amide bonds. The molecule has 0 saturated heterocycles. The first-order chi connectivity index (χ1) is 7.61. The van der Waals surface area contributed by atoms with Crippen molar-refractivity contribution in [2.24, 2.45) is 11.8 Å². The first kappa shape index (κ1) is 16.6. The van der Waals surface area contributed by atoms with E-state index >= 15 is 0 Å². The van der Waals surface area contributed by atoms with Crippen LogP contribution in [0, 0.1) is 11.8 Å². The molecule has 0 fully saturated rings. The summed E-state index contributed by atoms with van der Waals surface area (Å²) >= 11 is 0.